The number of hydrogen-bond donors (Lipinski definition) is 1. The highest BCUT2D eigenvalue weighted by Crippen LogP contribution is 2.20. The first kappa shape index (κ1) is 12.9. The van der Waals surface area contributed by atoms with E-state index in [1.165, 1.54) is 19.3 Å². The molecule has 1 aliphatic carbocycles. The third-order valence-electron chi connectivity index (χ3n) is 2.99. The van der Waals surface area contributed by atoms with Gasteiger partial charge in [0, 0.05) is 20.3 Å². The van der Waals surface area contributed by atoms with Gasteiger partial charge in [-0.3, -0.25) is 0 Å². The maximum atomic E-state index is 9.87. The Balaban J connectivity index is 2.17. The van der Waals surface area contributed by atoms with E-state index in [9.17, 15) is 5.11 Å². The van der Waals surface area contributed by atoms with E-state index in [1.54, 1.807) is 7.11 Å². The van der Waals surface area contributed by atoms with Crippen LogP contribution in [0.1, 0.15) is 44.9 Å². The Morgan fingerprint density at radius 2 is 1.80 bits per heavy atom. The zero-order chi connectivity index (χ0) is 10.9. The fraction of sp³-hybridized carbons (Fsp3) is 1.00. The maximum Gasteiger partial charge on any atom is 0.0833 e. The van der Waals surface area contributed by atoms with Crippen molar-refractivity contribution in [2.75, 3.05) is 20.3 Å². The van der Waals surface area contributed by atoms with Crippen LogP contribution in [-0.4, -0.2) is 37.6 Å². The molecule has 0 saturated heterocycles. The van der Waals surface area contributed by atoms with Crippen LogP contribution in [0, 0.1) is 0 Å². The molecule has 0 aromatic heterocycles. The lowest BCUT2D eigenvalue weighted by Gasteiger charge is -2.25. The second kappa shape index (κ2) is 8.08. The largest absolute Gasteiger partial charge is 0.390 e. The highest BCUT2D eigenvalue weighted by atomic mass is 16.5. The molecule has 0 aliphatic heterocycles. The molecule has 3 heteroatoms. The smallest absolute Gasteiger partial charge is 0.0833 e. The van der Waals surface area contributed by atoms with Crippen LogP contribution >= 0.6 is 0 Å². The van der Waals surface area contributed by atoms with E-state index in [0.29, 0.717) is 6.61 Å². The fourth-order valence-corrected chi connectivity index (χ4v) is 2.06. The summed E-state index contributed by atoms with van der Waals surface area (Å²) >= 11 is 0. The molecule has 15 heavy (non-hydrogen) atoms. The Labute approximate surface area is 92.8 Å². The van der Waals surface area contributed by atoms with Crippen molar-refractivity contribution >= 4 is 0 Å². The molecule has 1 fully saturated rings. The third kappa shape index (κ3) is 5.50. The van der Waals surface area contributed by atoms with Crippen LogP contribution in [0.25, 0.3) is 0 Å². The summed E-state index contributed by atoms with van der Waals surface area (Å²) < 4.78 is 10.7. The van der Waals surface area contributed by atoms with Crippen LogP contribution in [0.4, 0.5) is 0 Å². The Hall–Kier alpha value is -0.120. The Kier molecular flexibility index (Phi) is 6.98. The van der Waals surface area contributed by atoms with Crippen LogP contribution in [0.3, 0.4) is 0 Å². The first-order valence-electron chi connectivity index (χ1n) is 6.13. The normalized spacial score (nSPS) is 28.4. The molecule has 0 aromatic rings. The first-order valence-corrected chi connectivity index (χ1v) is 6.13. The predicted molar refractivity (Wildman–Crippen MR) is 59.9 cm³/mol. The van der Waals surface area contributed by atoms with Crippen molar-refractivity contribution in [3.8, 4) is 0 Å². The minimum Gasteiger partial charge on any atom is -0.390 e. The summed E-state index contributed by atoms with van der Waals surface area (Å²) in [5, 5.41) is 9.87. The lowest BCUT2D eigenvalue weighted by Crippen LogP contribution is -2.30. The fourth-order valence-electron chi connectivity index (χ4n) is 2.06. The average molecular weight is 216 g/mol. The number of aliphatic hydroxyl groups is 1. The molecule has 1 aliphatic rings. The molecule has 1 saturated carbocycles. The molecule has 0 heterocycles. The van der Waals surface area contributed by atoms with Gasteiger partial charge in [0.25, 0.3) is 0 Å². The molecule has 0 aromatic carbocycles. The van der Waals surface area contributed by atoms with Gasteiger partial charge in [-0.2, -0.15) is 0 Å². The second-order valence-electron chi connectivity index (χ2n) is 4.31. The molecule has 2 unspecified atom stereocenters. The Morgan fingerprint density at radius 3 is 2.53 bits per heavy atom. The van der Waals surface area contributed by atoms with Gasteiger partial charge in [-0.25, -0.2) is 0 Å². The summed E-state index contributed by atoms with van der Waals surface area (Å²) in [5.74, 6) is 0. The number of ether oxygens (including phenoxy) is 2. The van der Waals surface area contributed by atoms with Crippen molar-refractivity contribution in [3.63, 3.8) is 0 Å². The van der Waals surface area contributed by atoms with Gasteiger partial charge in [-0.05, 0) is 19.3 Å². The van der Waals surface area contributed by atoms with Gasteiger partial charge in [-0.15, -0.1) is 0 Å². The summed E-state index contributed by atoms with van der Waals surface area (Å²) in [6, 6.07) is 0. The van der Waals surface area contributed by atoms with E-state index in [0.717, 1.165) is 32.3 Å². The van der Waals surface area contributed by atoms with Crippen molar-refractivity contribution < 1.29 is 14.6 Å². The van der Waals surface area contributed by atoms with Gasteiger partial charge >= 0.3 is 0 Å². The SMILES string of the molecule is COCCCOC1CCCCCCC1O. The van der Waals surface area contributed by atoms with Crippen molar-refractivity contribution in [1.29, 1.82) is 0 Å². The molecule has 1 rings (SSSR count). The molecule has 1 N–H and O–H groups in total. The molecule has 0 radical (unpaired) electrons. The molecule has 3 nitrogen and oxygen atoms in total. The average Bonchev–Trinajstić information content (AvgIpc) is 2.22. The van der Waals surface area contributed by atoms with E-state index in [-0.39, 0.29) is 12.2 Å². The number of methoxy groups -OCH3 is 1. The van der Waals surface area contributed by atoms with Crippen LogP contribution in [0.5, 0.6) is 0 Å². The van der Waals surface area contributed by atoms with Gasteiger partial charge in [0.1, 0.15) is 0 Å². The molecule has 0 bridgehead atoms. The van der Waals surface area contributed by atoms with Crippen LogP contribution in [0.15, 0.2) is 0 Å². The zero-order valence-electron chi connectivity index (χ0n) is 9.78. The van der Waals surface area contributed by atoms with Gasteiger partial charge in [0.05, 0.1) is 12.2 Å². The summed E-state index contributed by atoms with van der Waals surface area (Å²) in [4.78, 5) is 0. The number of rotatable bonds is 5. The van der Waals surface area contributed by atoms with Gasteiger partial charge in [-0.1, -0.05) is 25.7 Å². The van der Waals surface area contributed by atoms with E-state index in [2.05, 4.69) is 0 Å². The zero-order valence-corrected chi connectivity index (χ0v) is 9.78. The van der Waals surface area contributed by atoms with Crippen LogP contribution in [-0.2, 0) is 9.47 Å². The lowest BCUT2D eigenvalue weighted by molar-refractivity contribution is -0.0531. The third-order valence-corrected chi connectivity index (χ3v) is 2.99. The standard InChI is InChI=1S/C12H24O3/c1-14-9-6-10-15-12-8-5-3-2-4-7-11(12)13/h11-13H,2-10H2,1H3. The van der Waals surface area contributed by atoms with E-state index < -0.39 is 0 Å². The number of aliphatic hydroxyl groups excluding tert-OH is 1. The predicted octanol–water partition coefficient (Wildman–Crippen LogP) is 2.12. The van der Waals surface area contributed by atoms with Crippen molar-refractivity contribution in [2.45, 2.75) is 57.2 Å². The summed E-state index contributed by atoms with van der Waals surface area (Å²) in [6.07, 6.45) is 7.49. The van der Waals surface area contributed by atoms with Crippen molar-refractivity contribution in [1.82, 2.24) is 0 Å². The van der Waals surface area contributed by atoms with Crippen molar-refractivity contribution in [2.24, 2.45) is 0 Å². The van der Waals surface area contributed by atoms with Crippen molar-refractivity contribution in [3.05, 3.63) is 0 Å². The highest BCUT2D eigenvalue weighted by Gasteiger charge is 2.20. The second-order valence-corrected chi connectivity index (χ2v) is 4.31. The molecular weight excluding hydrogens is 192 g/mol. The minimum absolute atomic E-state index is 0.0576. The van der Waals surface area contributed by atoms with Gasteiger partial charge < -0.3 is 14.6 Å². The lowest BCUT2D eigenvalue weighted by atomic mass is 9.96. The van der Waals surface area contributed by atoms with E-state index >= 15 is 0 Å². The monoisotopic (exact) mass is 216 g/mol. The summed E-state index contributed by atoms with van der Waals surface area (Å²) in [5.41, 5.74) is 0. The molecular formula is C12H24O3. The molecule has 0 spiro atoms. The molecule has 2 atom stereocenters. The Morgan fingerprint density at radius 1 is 1.07 bits per heavy atom. The van der Waals surface area contributed by atoms with E-state index in [4.69, 9.17) is 9.47 Å². The topological polar surface area (TPSA) is 38.7 Å². The number of hydrogen-bond acceptors (Lipinski definition) is 3. The highest BCUT2D eigenvalue weighted by molar-refractivity contribution is 4.72. The Bertz CT molecular complexity index is 150. The van der Waals surface area contributed by atoms with Crippen LogP contribution in [0.2, 0.25) is 0 Å². The van der Waals surface area contributed by atoms with Crippen LogP contribution < -0.4 is 0 Å². The first-order chi connectivity index (χ1) is 7.34. The summed E-state index contributed by atoms with van der Waals surface area (Å²) in [6.45, 7) is 1.44. The van der Waals surface area contributed by atoms with Gasteiger partial charge in [0.2, 0.25) is 0 Å². The van der Waals surface area contributed by atoms with E-state index in [1.807, 2.05) is 0 Å². The van der Waals surface area contributed by atoms with Gasteiger partial charge in [0.15, 0.2) is 0 Å². The molecule has 0 amide bonds. The minimum atomic E-state index is -0.257. The quantitative estimate of drug-likeness (QED) is 0.715. The maximum absolute atomic E-state index is 9.87. The molecule has 90 valence electrons. The summed E-state index contributed by atoms with van der Waals surface area (Å²) in [7, 11) is 1.70.